The van der Waals surface area contributed by atoms with Crippen molar-refractivity contribution in [2.75, 3.05) is 6.54 Å². The molecule has 0 unspecified atom stereocenters. The largest absolute Gasteiger partial charge is 0.480 e. The lowest BCUT2D eigenvalue weighted by Crippen LogP contribution is -2.36. The van der Waals surface area contributed by atoms with Crippen LogP contribution in [0, 0.1) is 11.5 Å². The van der Waals surface area contributed by atoms with Gasteiger partial charge < -0.3 is 21.8 Å². The van der Waals surface area contributed by atoms with Crippen molar-refractivity contribution >= 4 is 11.9 Å². The van der Waals surface area contributed by atoms with Crippen LogP contribution in [0.2, 0.25) is 0 Å². The Morgan fingerprint density at radius 2 is 2.27 bits per heavy atom. The van der Waals surface area contributed by atoms with Gasteiger partial charge in [0.25, 0.3) is 0 Å². The molecule has 0 rings (SSSR count). The maximum atomic E-state index is 10.3. The Balaban J connectivity index is 3.95. The zero-order chi connectivity index (χ0) is 11.8. The molecule has 1 atom stereocenters. The van der Waals surface area contributed by atoms with Gasteiger partial charge in [0.05, 0.1) is 0 Å². The normalized spacial score (nSPS) is 12.9. The number of nitrogens with two attached hydrogens (primary N) is 2. The van der Waals surface area contributed by atoms with Crippen LogP contribution in [0.5, 0.6) is 0 Å². The summed E-state index contributed by atoms with van der Waals surface area (Å²) in [7, 11) is 0. The van der Waals surface area contributed by atoms with Crippen LogP contribution in [0.15, 0.2) is 5.16 Å². The number of carboxylic acids is 1. The van der Waals surface area contributed by atoms with E-state index in [1.807, 2.05) is 0 Å². The van der Waals surface area contributed by atoms with Crippen molar-refractivity contribution in [1.29, 1.82) is 5.26 Å². The highest BCUT2D eigenvalue weighted by Gasteiger charge is 2.12. The molecule has 0 aromatic carbocycles. The first-order chi connectivity index (χ1) is 7.02. The van der Waals surface area contributed by atoms with E-state index in [-0.39, 0.29) is 18.9 Å². The maximum absolute atomic E-state index is 10.3. The van der Waals surface area contributed by atoms with E-state index in [2.05, 4.69) is 5.16 Å². The minimum atomic E-state index is -1.10. The fraction of sp³-hybridized carbons (Fsp3) is 0.571. The average Bonchev–Trinajstić information content (AvgIpc) is 2.22. The SMILES string of the molecule is N#CN(CCC[C@H](N)C(=O)O)/C(N)=N/O. The lowest BCUT2D eigenvalue weighted by Gasteiger charge is -2.13. The second-order valence-corrected chi connectivity index (χ2v) is 2.80. The zero-order valence-electron chi connectivity index (χ0n) is 8.00. The molecule has 8 nitrogen and oxygen atoms in total. The molecule has 0 spiro atoms. The number of hydrogen-bond acceptors (Lipinski definition) is 5. The molecule has 0 heterocycles. The number of aliphatic carboxylic acids is 1. The predicted octanol–water partition coefficient (Wildman–Crippen LogP) is -1.33. The van der Waals surface area contributed by atoms with Crippen molar-refractivity contribution in [2.45, 2.75) is 18.9 Å². The Hall–Kier alpha value is -2.01. The Morgan fingerprint density at radius 1 is 1.67 bits per heavy atom. The minimum Gasteiger partial charge on any atom is -0.480 e. The van der Waals surface area contributed by atoms with Crippen molar-refractivity contribution in [3.63, 3.8) is 0 Å². The molecular formula is C7H13N5O3. The minimum absolute atomic E-state index is 0.160. The summed E-state index contributed by atoms with van der Waals surface area (Å²) in [6, 6.07) is -0.960. The number of oxime groups is 1. The molecule has 0 aliphatic heterocycles. The monoisotopic (exact) mass is 215 g/mol. The Bertz CT molecular complexity index is 285. The van der Waals surface area contributed by atoms with Gasteiger partial charge in [-0.3, -0.25) is 4.79 Å². The summed E-state index contributed by atoms with van der Waals surface area (Å²) in [6.07, 6.45) is 2.26. The molecule has 0 bridgehead atoms. The van der Waals surface area contributed by atoms with Gasteiger partial charge >= 0.3 is 5.97 Å². The van der Waals surface area contributed by atoms with Crippen LogP contribution in [-0.4, -0.2) is 39.7 Å². The van der Waals surface area contributed by atoms with Gasteiger partial charge in [-0.05, 0) is 12.8 Å². The van der Waals surface area contributed by atoms with Crippen LogP contribution < -0.4 is 11.5 Å². The van der Waals surface area contributed by atoms with E-state index in [4.69, 9.17) is 27.0 Å². The van der Waals surface area contributed by atoms with Crippen molar-refractivity contribution in [1.82, 2.24) is 4.90 Å². The highest BCUT2D eigenvalue weighted by molar-refractivity contribution is 5.78. The Morgan fingerprint density at radius 3 is 2.67 bits per heavy atom. The third-order valence-electron chi connectivity index (χ3n) is 1.71. The van der Waals surface area contributed by atoms with Crippen LogP contribution in [0.25, 0.3) is 0 Å². The van der Waals surface area contributed by atoms with Gasteiger partial charge in [0.2, 0.25) is 5.96 Å². The van der Waals surface area contributed by atoms with Crippen LogP contribution >= 0.6 is 0 Å². The van der Waals surface area contributed by atoms with Gasteiger partial charge in [-0.1, -0.05) is 5.16 Å². The molecule has 6 N–H and O–H groups in total. The van der Waals surface area contributed by atoms with Crippen molar-refractivity contribution in [2.24, 2.45) is 16.6 Å². The summed E-state index contributed by atoms with van der Waals surface area (Å²) < 4.78 is 0. The van der Waals surface area contributed by atoms with E-state index in [9.17, 15) is 4.79 Å². The molecule has 0 saturated heterocycles. The fourth-order valence-corrected chi connectivity index (χ4v) is 0.863. The summed E-state index contributed by atoms with van der Waals surface area (Å²) in [4.78, 5) is 11.3. The molecule has 0 saturated carbocycles. The molecular weight excluding hydrogens is 202 g/mol. The highest BCUT2D eigenvalue weighted by Crippen LogP contribution is 1.97. The van der Waals surface area contributed by atoms with Gasteiger partial charge in [-0.15, -0.1) is 0 Å². The molecule has 0 aliphatic carbocycles. The maximum Gasteiger partial charge on any atom is 0.320 e. The zero-order valence-corrected chi connectivity index (χ0v) is 8.00. The topological polar surface area (TPSA) is 149 Å². The van der Waals surface area contributed by atoms with E-state index in [0.29, 0.717) is 6.42 Å². The molecule has 0 aliphatic rings. The number of hydrogen-bond donors (Lipinski definition) is 4. The smallest absolute Gasteiger partial charge is 0.320 e. The van der Waals surface area contributed by atoms with Gasteiger partial charge in [0.1, 0.15) is 6.04 Å². The molecule has 8 heteroatoms. The standard InChI is InChI=1S/C7H13N5O3/c8-4-12(7(10)11-15)3-1-2-5(9)6(13)14/h5,15H,1-3,9H2,(H2,10,11)(H,13,14)/t5-/m0/s1. The van der Waals surface area contributed by atoms with Gasteiger partial charge in [-0.25, -0.2) is 4.90 Å². The first-order valence-corrected chi connectivity index (χ1v) is 4.16. The molecule has 0 fully saturated rings. The quantitative estimate of drug-likeness (QED) is 0.111. The first kappa shape index (κ1) is 13.0. The van der Waals surface area contributed by atoms with Crippen molar-refractivity contribution in [3.8, 4) is 6.19 Å². The summed E-state index contributed by atoms with van der Waals surface area (Å²) in [5, 5.41) is 28.0. The Kier molecular flexibility index (Phi) is 5.58. The Labute approximate surface area is 86.4 Å². The molecule has 0 radical (unpaired) electrons. The molecule has 0 aromatic rings. The van der Waals surface area contributed by atoms with Gasteiger partial charge in [0, 0.05) is 6.54 Å². The molecule has 0 aromatic heterocycles. The number of rotatable bonds is 5. The van der Waals surface area contributed by atoms with Gasteiger partial charge in [0.15, 0.2) is 6.19 Å². The second kappa shape index (κ2) is 6.44. The van der Waals surface area contributed by atoms with Crippen LogP contribution in [-0.2, 0) is 4.79 Å². The lowest BCUT2D eigenvalue weighted by atomic mass is 10.1. The summed E-state index contributed by atoms with van der Waals surface area (Å²) >= 11 is 0. The fourth-order valence-electron chi connectivity index (χ4n) is 0.863. The van der Waals surface area contributed by atoms with Crippen molar-refractivity contribution < 1.29 is 15.1 Å². The summed E-state index contributed by atoms with van der Waals surface area (Å²) in [5.74, 6) is -1.43. The van der Waals surface area contributed by atoms with E-state index < -0.39 is 12.0 Å². The molecule has 15 heavy (non-hydrogen) atoms. The number of carbonyl (C=O) groups is 1. The van der Waals surface area contributed by atoms with Gasteiger partial charge in [-0.2, -0.15) is 5.26 Å². The third-order valence-corrected chi connectivity index (χ3v) is 1.71. The van der Waals surface area contributed by atoms with E-state index in [1.54, 1.807) is 6.19 Å². The first-order valence-electron chi connectivity index (χ1n) is 4.16. The lowest BCUT2D eigenvalue weighted by molar-refractivity contribution is -0.138. The van der Waals surface area contributed by atoms with Crippen molar-refractivity contribution in [3.05, 3.63) is 0 Å². The van der Waals surface area contributed by atoms with E-state index in [0.717, 1.165) is 4.90 Å². The number of guanidine groups is 1. The summed E-state index contributed by atoms with van der Waals surface area (Å²) in [5.41, 5.74) is 10.4. The number of nitriles is 1. The van der Waals surface area contributed by atoms with Crippen LogP contribution in [0.3, 0.4) is 0 Å². The highest BCUT2D eigenvalue weighted by atomic mass is 16.4. The van der Waals surface area contributed by atoms with E-state index in [1.165, 1.54) is 0 Å². The summed E-state index contributed by atoms with van der Waals surface area (Å²) in [6.45, 7) is 0.160. The average molecular weight is 215 g/mol. The van der Waals surface area contributed by atoms with Crippen LogP contribution in [0.4, 0.5) is 0 Å². The third kappa shape index (κ3) is 4.68. The second-order valence-electron chi connectivity index (χ2n) is 2.80. The number of carboxylic acid groups (broad SMARTS) is 1. The predicted molar refractivity (Wildman–Crippen MR) is 50.6 cm³/mol. The number of nitrogens with zero attached hydrogens (tertiary/aromatic N) is 3. The molecule has 84 valence electrons. The van der Waals surface area contributed by atoms with E-state index >= 15 is 0 Å². The molecule has 0 amide bonds. The van der Waals surface area contributed by atoms with Crippen LogP contribution in [0.1, 0.15) is 12.8 Å².